The average molecular weight is 245 g/mol. The fourth-order valence-corrected chi connectivity index (χ4v) is 1.61. The van der Waals surface area contributed by atoms with Gasteiger partial charge in [-0.1, -0.05) is 31.5 Å². The third kappa shape index (κ3) is 3.74. The number of nitrogens with two attached hydrogens (primary N) is 1. The third-order valence-electron chi connectivity index (χ3n) is 2.61. The number of benzene rings is 1. The average Bonchev–Trinajstić information content (AvgIpc) is 2.23. The molecule has 3 N–H and O–H groups in total. The molecule has 4 heteroatoms. The Morgan fingerprint density at radius 1 is 1.44 bits per heavy atom. The van der Waals surface area contributed by atoms with Crippen LogP contribution in [0.1, 0.15) is 19.4 Å². The van der Waals surface area contributed by atoms with Gasteiger partial charge in [-0.3, -0.25) is 0 Å². The first kappa shape index (κ1) is 13.4. The smallest absolute Gasteiger partial charge is 0.142 e. The molecule has 16 heavy (non-hydrogen) atoms. The third-order valence-corrected chi connectivity index (χ3v) is 2.92. The monoisotopic (exact) mass is 244 g/mol. The highest BCUT2D eigenvalue weighted by atomic mass is 35.5. The lowest BCUT2D eigenvalue weighted by atomic mass is 10.0. The van der Waals surface area contributed by atoms with Gasteiger partial charge in [-0.05, 0) is 23.6 Å². The lowest BCUT2D eigenvalue weighted by Crippen LogP contribution is -2.39. The van der Waals surface area contributed by atoms with Crippen LogP contribution in [0.25, 0.3) is 0 Å². The standard InChI is InChI=1S/C12H18ClFN2/c1-8(2)12(6-15)16-7-9-3-4-10(13)11(14)5-9/h3-5,8,12,16H,6-7,15H2,1-2H3. The van der Waals surface area contributed by atoms with Gasteiger partial charge in [0, 0.05) is 19.1 Å². The summed E-state index contributed by atoms with van der Waals surface area (Å²) in [5.41, 5.74) is 6.51. The lowest BCUT2D eigenvalue weighted by molar-refractivity contribution is 0.404. The molecule has 0 aliphatic heterocycles. The molecule has 0 saturated carbocycles. The summed E-state index contributed by atoms with van der Waals surface area (Å²) in [6.45, 7) is 5.39. The van der Waals surface area contributed by atoms with Crippen molar-refractivity contribution in [1.29, 1.82) is 0 Å². The molecular formula is C12H18ClFN2. The van der Waals surface area contributed by atoms with E-state index in [0.29, 0.717) is 19.0 Å². The maximum atomic E-state index is 13.2. The zero-order chi connectivity index (χ0) is 12.1. The Bertz CT molecular complexity index is 342. The Kier molecular flexibility index (Phi) is 5.19. The lowest BCUT2D eigenvalue weighted by Gasteiger charge is -2.20. The van der Waals surface area contributed by atoms with Crippen molar-refractivity contribution in [3.63, 3.8) is 0 Å². The minimum absolute atomic E-state index is 0.156. The van der Waals surface area contributed by atoms with Crippen LogP contribution in [-0.2, 0) is 6.54 Å². The zero-order valence-electron chi connectivity index (χ0n) is 9.63. The highest BCUT2D eigenvalue weighted by molar-refractivity contribution is 6.30. The van der Waals surface area contributed by atoms with Crippen LogP contribution < -0.4 is 11.1 Å². The molecule has 1 aromatic carbocycles. The van der Waals surface area contributed by atoms with Crippen molar-refractivity contribution in [2.45, 2.75) is 26.4 Å². The maximum absolute atomic E-state index is 13.2. The van der Waals surface area contributed by atoms with Gasteiger partial charge in [0.25, 0.3) is 0 Å². The van der Waals surface area contributed by atoms with Gasteiger partial charge in [-0.15, -0.1) is 0 Å². The van der Waals surface area contributed by atoms with Gasteiger partial charge in [0.05, 0.1) is 5.02 Å². The van der Waals surface area contributed by atoms with E-state index < -0.39 is 0 Å². The second kappa shape index (κ2) is 6.18. The number of rotatable bonds is 5. The largest absolute Gasteiger partial charge is 0.329 e. The van der Waals surface area contributed by atoms with E-state index in [-0.39, 0.29) is 16.9 Å². The second-order valence-corrected chi connectivity index (χ2v) is 4.62. The predicted octanol–water partition coefficient (Wildman–Crippen LogP) is 2.55. The van der Waals surface area contributed by atoms with E-state index in [1.165, 1.54) is 6.07 Å². The molecule has 0 radical (unpaired) electrons. The Hall–Kier alpha value is -0.640. The summed E-state index contributed by atoms with van der Waals surface area (Å²) in [4.78, 5) is 0. The topological polar surface area (TPSA) is 38.0 Å². The van der Waals surface area contributed by atoms with Crippen LogP contribution in [0.5, 0.6) is 0 Å². The van der Waals surface area contributed by atoms with E-state index in [0.717, 1.165) is 5.56 Å². The summed E-state index contributed by atoms with van der Waals surface area (Å²) in [5.74, 6) is 0.0805. The van der Waals surface area contributed by atoms with Crippen molar-refractivity contribution in [2.24, 2.45) is 11.7 Å². The van der Waals surface area contributed by atoms with Crippen LogP contribution in [0.15, 0.2) is 18.2 Å². The first-order valence-electron chi connectivity index (χ1n) is 5.42. The van der Waals surface area contributed by atoms with Crippen LogP contribution >= 0.6 is 11.6 Å². The van der Waals surface area contributed by atoms with Gasteiger partial charge >= 0.3 is 0 Å². The molecule has 0 amide bonds. The number of nitrogens with one attached hydrogen (secondary N) is 1. The molecule has 1 aromatic rings. The normalized spacial score (nSPS) is 13.1. The van der Waals surface area contributed by atoms with Crippen LogP contribution in [0.4, 0.5) is 4.39 Å². The fourth-order valence-electron chi connectivity index (χ4n) is 1.49. The first-order valence-corrected chi connectivity index (χ1v) is 5.79. The Labute approximate surface area is 101 Å². The molecule has 0 bridgehead atoms. The van der Waals surface area contributed by atoms with Gasteiger partial charge in [0.2, 0.25) is 0 Å². The van der Waals surface area contributed by atoms with Gasteiger partial charge in [-0.2, -0.15) is 0 Å². The first-order chi connectivity index (χ1) is 7.54. The van der Waals surface area contributed by atoms with E-state index in [9.17, 15) is 4.39 Å². The van der Waals surface area contributed by atoms with Crippen LogP contribution in [-0.4, -0.2) is 12.6 Å². The number of hydrogen-bond acceptors (Lipinski definition) is 2. The minimum Gasteiger partial charge on any atom is -0.329 e. The predicted molar refractivity (Wildman–Crippen MR) is 65.9 cm³/mol. The fraction of sp³-hybridized carbons (Fsp3) is 0.500. The van der Waals surface area contributed by atoms with Gasteiger partial charge in [0.1, 0.15) is 5.82 Å². The molecule has 0 aliphatic rings. The molecule has 1 rings (SSSR count). The number of hydrogen-bond donors (Lipinski definition) is 2. The van der Waals surface area contributed by atoms with E-state index in [1.54, 1.807) is 6.07 Å². The van der Waals surface area contributed by atoms with Gasteiger partial charge in [0.15, 0.2) is 0 Å². The quantitative estimate of drug-likeness (QED) is 0.836. The molecule has 0 aliphatic carbocycles. The van der Waals surface area contributed by atoms with Crippen LogP contribution in [0, 0.1) is 11.7 Å². The molecule has 0 spiro atoms. The molecule has 0 heterocycles. The molecule has 0 fully saturated rings. The van der Waals surface area contributed by atoms with Crippen LogP contribution in [0.3, 0.4) is 0 Å². The Balaban J connectivity index is 2.57. The molecule has 0 aromatic heterocycles. The van der Waals surface area contributed by atoms with Crippen LogP contribution in [0.2, 0.25) is 5.02 Å². The minimum atomic E-state index is -0.380. The highest BCUT2D eigenvalue weighted by Crippen LogP contribution is 2.15. The molecule has 1 atom stereocenters. The van der Waals surface area contributed by atoms with Gasteiger partial charge in [-0.25, -0.2) is 4.39 Å². The molecular weight excluding hydrogens is 227 g/mol. The molecule has 90 valence electrons. The number of halogens is 2. The molecule has 2 nitrogen and oxygen atoms in total. The Morgan fingerprint density at radius 2 is 2.12 bits per heavy atom. The summed E-state index contributed by atoms with van der Waals surface area (Å²) in [6.07, 6.45) is 0. The summed E-state index contributed by atoms with van der Waals surface area (Å²) >= 11 is 5.61. The summed E-state index contributed by atoms with van der Waals surface area (Å²) < 4.78 is 13.2. The second-order valence-electron chi connectivity index (χ2n) is 4.22. The van der Waals surface area contributed by atoms with Crippen molar-refractivity contribution in [1.82, 2.24) is 5.32 Å². The summed E-state index contributed by atoms with van der Waals surface area (Å²) in [5, 5.41) is 3.45. The van der Waals surface area contributed by atoms with Crippen molar-refractivity contribution in [3.05, 3.63) is 34.6 Å². The molecule has 1 unspecified atom stereocenters. The van der Waals surface area contributed by atoms with E-state index >= 15 is 0 Å². The van der Waals surface area contributed by atoms with Gasteiger partial charge < -0.3 is 11.1 Å². The summed E-state index contributed by atoms with van der Waals surface area (Å²) in [7, 11) is 0. The highest BCUT2D eigenvalue weighted by Gasteiger charge is 2.10. The van der Waals surface area contributed by atoms with E-state index in [4.69, 9.17) is 17.3 Å². The van der Waals surface area contributed by atoms with Crippen molar-refractivity contribution < 1.29 is 4.39 Å². The Morgan fingerprint density at radius 3 is 2.62 bits per heavy atom. The van der Waals surface area contributed by atoms with Crippen molar-refractivity contribution in [2.75, 3.05) is 6.54 Å². The van der Waals surface area contributed by atoms with Crippen molar-refractivity contribution in [3.8, 4) is 0 Å². The van der Waals surface area contributed by atoms with Crippen molar-refractivity contribution >= 4 is 11.6 Å². The van der Waals surface area contributed by atoms with E-state index in [1.807, 2.05) is 6.07 Å². The van der Waals surface area contributed by atoms with E-state index in [2.05, 4.69) is 19.2 Å². The molecule has 0 saturated heterocycles. The summed E-state index contributed by atoms with van der Waals surface area (Å²) in [6, 6.07) is 5.08. The SMILES string of the molecule is CC(C)C(CN)NCc1ccc(Cl)c(F)c1. The maximum Gasteiger partial charge on any atom is 0.142 e. The zero-order valence-corrected chi connectivity index (χ0v) is 10.4.